The Bertz CT molecular complexity index is 916. The van der Waals surface area contributed by atoms with E-state index in [0.29, 0.717) is 33.0 Å². The molecule has 1 N–H and O–H groups in total. The zero-order valence-corrected chi connectivity index (χ0v) is 15.8. The van der Waals surface area contributed by atoms with E-state index in [1.165, 1.54) is 0 Å². The Morgan fingerprint density at radius 2 is 1.63 bits per heavy atom. The molecule has 6 heteroatoms. The maximum Gasteiger partial charge on any atom is 0.227 e. The lowest BCUT2D eigenvalue weighted by Gasteiger charge is -2.13. The smallest absolute Gasteiger partial charge is 0.227 e. The zero-order valence-electron chi connectivity index (χ0n) is 14.3. The maximum absolute atomic E-state index is 12.3. The second-order valence-electron chi connectivity index (χ2n) is 5.63. The molecule has 1 amide bonds. The maximum atomic E-state index is 12.3. The Balaban J connectivity index is 1.61. The largest absolute Gasteiger partial charge is 0.491 e. The predicted molar refractivity (Wildman–Crippen MR) is 108 cm³/mol. The van der Waals surface area contributed by atoms with Gasteiger partial charge >= 0.3 is 0 Å². The SMILES string of the molecule is O=C(CCOc1ccccc1Cl)Nc1cc(Cl)ccc1Oc1ccccc1. The molecule has 0 fully saturated rings. The summed E-state index contributed by atoms with van der Waals surface area (Å²) in [4.78, 5) is 12.3. The van der Waals surface area contributed by atoms with E-state index in [-0.39, 0.29) is 18.9 Å². The fourth-order valence-corrected chi connectivity index (χ4v) is 2.69. The zero-order chi connectivity index (χ0) is 19.1. The minimum Gasteiger partial charge on any atom is -0.491 e. The minimum absolute atomic E-state index is 0.155. The van der Waals surface area contributed by atoms with Crippen LogP contribution in [0.2, 0.25) is 10.0 Å². The number of rotatable bonds is 7. The molecule has 0 radical (unpaired) electrons. The summed E-state index contributed by atoms with van der Waals surface area (Å²) in [5.74, 6) is 1.49. The van der Waals surface area contributed by atoms with Gasteiger partial charge in [0.05, 0.1) is 23.7 Å². The monoisotopic (exact) mass is 401 g/mol. The summed E-state index contributed by atoms with van der Waals surface area (Å²) < 4.78 is 11.4. The van der Waals surface area contributed by atoms with Gasteiger partial charge in [-0.2, -0.15) is 0 Å². The highest BCUT2D eigenvalue weighted by molar-refractivity contribution is 6.32. The molecule has 3 aromatic rings. The van der Waals surface area contributed by atoms with Gasteiger partial charge < -0.3 is 14.8 Å². The molecule has 27 heavy (non-hydrogen) atoms. The Kier molecular flexibility index (Phi) is 6.58. The lowest BCUT2D eigenvalue weighted by atomic mass is 10.2. The lowest BCUT2D eigenvalue weighted by Crippen LogP contribution is -2.15. The van der Waals surface area contributed by atoms with Gasteiger partial charge in [-0.3, -0.25) is 4.79 Å². The number of amides is 1. The number of nitrogens with one attached hydrogen (secondary N) is 1. The first kappa shape index (κ1) is 19.1. The average molecular weight is 402 g/mol. The van der Waals surface area contributed by atoms with Crippen molar-refractivity contribution in [3.63, 3.8) is 0 Å². The van der Waals surface area contributed by atoms with E-state index in [1.807, 2.05) is 42.5 Å². The van der Waals surface area contributed by atoms with Crippen LogP contribution in [-0.2, 0) is 4.79 Å². The van der Waals surface area contributed by atoms with Crippen LogP contribution >= 0.6 is 23.2 Å². The Morgan fingerprint density at radius 1 is 0.889 bits per heavy atom. The second kappa shape index (κ2) is 9.31. The van der Waals surface area contributed by atoms with Crippen molar-refractivity contribution in [2.24, 2.45) is 0 Å². The molecule has 0 aliphatic rings. The molecule has 4 nitrogen and oxygen atoms in total. The standard InChI is InChI=1S/C21H17Cl2NO3/c22-15-10-11-20(27-16-6-2-1-3-7-16)18(14-15)24-21(25)12-13-26-19-9-5-4-8-17(19)23/h1-11,14H,12-13H2,(H,24,25). The van der Waals surface area contributed by atoms with Crippen LogP contribution in [0.25, 0.3) is 0 Å². The summed E-state index contributed by atoms with van der Waals surface area (Å²) in [6, 6.07) is 21.5. The fourth-order valence-electron chi connectivity index (χ4n) is 2.33. The van der Waals surface area contributed by atoms with Crippen LogP contribution in [0.5, 0.6) is 17.2 Å². The van der Waals surface area contributed by atoms with Gasteiger partial charge in [-0.15, -0.1) is 0 Å². The molecule has 0 aromatic heterocycles. The predicted octanol–water partition coefficient (Wildman–Crippen LogP) is 6.19. The third kappa shape index (κ3) is 5.64. The van der Waals surface area contributed by atoms with E-state index in [0.717, 1.165) is 0 Å². The highest BCUT2D eigenvalue weighted by atomic mass is 35.5. The summed E-state index contributed by atoms with van der Waals surface area (Å²) in [5.41, 5.74) is 0.495. The number of halogens is 2. The number of hydrogen-bond acceptors (Lipinski definition) is 3. The number of anilines is 1. The topological polar surface area (TPSA) is 47.6 Å². The van der Waals surface area contributed by atoms with E-state index in [9.17, 15) is 4.79 Å². The summed E-state index contributed by atoms with van der Waals surface area (Å²) in [5, 5.41) is 3.82. The first-order valence-electron chi connectivity index (χ1n) is 8.31. The van der Waals surface area contributed by atoms with E-state index in [1.54, 1.807) is 30.3 Å². The first-order chi connectivity index (χ1) is 13.1. The van der Waals surface area contributed by atoms with Crippen molar-refractivity contribution in [2.75, 3.05) is 11.9 Å². The van der Waals surface area contributed by atoms with Crippen LogP contribution < -0.4 is 14.8 Å². The van der Waals surface area contributed by atoms with Crippen LogP contribution in [0.3, 0.4) is 0 Å². The normalized spacial score (nSPS) is 10.3. The van der Waals surface area contributed by atoms with Crippen molar-refractivity contribution in [2.45, 2.75) is 6.42 Å². The molecule has 0 aliphatic carbocycles. The van der Waals surface area contributed by atoms with Crippen molar-refractivity contribution in [1.82, 2.24) is 0 Å². The molecule has 0 aliphatic heterocycles. The van der Waals surface area contributed by atoms with Crippen LogP contribution in [0.4, 0.5) is 5.69 Å². The van der Waals surface area contributed by atoms with E-state index in [4.69, 9.17) is 32.7 Å². The number of hydrogen-bond donors (Lipinski definition) is 1. The molecular weight excluding hydrogens is 385 g/mol. The Morgan fingerprint density at radius 3 is 2.41 bits per heavy atom. The molecule has 0 saturated carbocycles. The quantitative estimate of drug-likeness (QED) is 0.512. The number of para-hydroxylation sites is 2. The van der Waals surface area contributed by atoms with Crippen LogP contribution in [-0.4, -0.2) is 12.5 Å². The number of carbonyl (C=O) groups excluding carboxylic acids is 1. The third-order valence-corrected chi connectivity index (χ3v) is 4.16. The van der Waals surface area contributed by atoms with Gasteiger partial charge in [0.2, 0.25) is 5.91 Å². The van der Waals surface area contributed by atoms with Crippen LogP contribution in [0.15, 0.2) is 72.8 Å². The average Bonchev–Trinajstić information content (AvgIpc) is 2.66. The minimum atomic E-state index is -0.220. The van der Waals surface area contributed by atoms with E-state index >= 15 is 0 Å². The van der Waals surface area contributed by atoms with Crippen molar-refractivity contribution >= 4 is 34.8 Å². The van der Waals surface area contributed by atoms with Gasteiger partial charge in [0.25, 0.3) is 0 Å². The van der Waals surface area contributed by atoms with Gasteiger partial charge in [0.1, 0.15) is 11.5 Å². The molecule has 0 atom stereocenters. The van der Waals surface area contributed by atoms with Crippen molar-refractivity contribution in [3.05, 3.63) is 82.8 Å². The van der Waals surface area contributed by atoms with Crippen molar-refractivity contribution in [1.29, 1.82) is 0 Å². The Labute approximate surface area is 167 Å². The summed E-state index contributed by atoms with van der Waals surface area (Å²) in [6.07, 6.45) is 0.155. The van der Waals surface area contributed by atoms with Crippen molar-refractivity contribution < 1.29 is 14.3 Å². The summed E-state index contributed by atoms with van der Waals surface area (Å²) in [6.45, 7) is 0.199. The highest BCUT2D eigenvalue weighted by Crippen LogP contribution is 2.32. The Hall–Kier alpha value is -2.69. The third-order valence-electron chi connectivity index (χ3n) is 3.61. The van der Waals surface area contributed by atoms with Gasteiger partial charge in [-0.1, -0.05) is 53.5 Å². The van der Waals surface area contributed by atoms with Gasteiger partial charge in [-0.05, 0) is 42.5 Å². The molecule has 0 heterocycles. The fraction of sp³-hybridized carbons (Fsp3) is 0.0952. The van der Waals surface area contributed by atoms with Gasteiger partial charge in [-0.25, -0.2) is 0 Å². The number of ether oxygens (including phenoxy) is 2. The van der Waals surface area contributed by atoms with Gasteiger partial charge in [0.15, 0.2) is 5.75 Å². The molecule has 0 unspecified atom stereocenters. The summed E-state index contributed by atoms with van der Waals surface area (Å²) >= 11 is 12.1. The number of benzene rings is 3. The second-order valence-corrected chi connectivity index (χ2v) is 6.48. The van der Waals surface area contributed by atoms with E-state index in [2.05, 4.69) is 5.32 Å². The van der Waals surface area contributed by atoms with Gasteiger partial charge in [0, 0.05) is 5.02 Å². The number of carbonyl (C=O) groups is 1. The highest BCUT2D eigenvalue weighted by Gasteiger charge is 2.11. The molecular formula is C21H17Cl2NO3. The first-order valence-corrected chi connectivity index (χ1v) is 9.07. The molecule has 0 spiro atoms. The molecule has 138 valence electrons. The molecule has 3 rings (SSSR count). The van der Waals surface area contributed by atoms with Crippen LogP contribution in [0, 0.1) is 0 Å². The summed E-state index contributed by atoms with van der Waals surface area (Å²) in [7, 11) is 0. The lowest BCUT2D eigenvalue weighted by molar-refractivity contribution is -0.116. The molecule has 0 saturated heterocycles. The van der Waals surface area contributed by atoms with Crippen LogP contribution in [0.1, 0.15) is 6.42 Å². The molecule has 0 bridgehead atoms. The van der Waals surface area contributed by atoms with Crippen molar-refractivity contribution in [3.8, 4) is 17.2 Å². The van der Waals surface area contributed by atoms with E-state index < -0.39 is 0 Å². The molecule has 3 aromatic carbocycles.